The Kier molecular flexibility index (Phi) is 7.76. The minimum absolute atomic E-state index is 0.0506. The van der Waals surface area contributed by atoms with Crippen LogP contribution in [0.5, 0.6) is 0 Å². The molecule has 14 heavy (non-hydrogen) atoms. The minimum Gasteiger partial charge on any atom is -0.392 e. The predicted molar refractivity (Wildman–Crippen MR) is 59.3 cm³/mol. The summed E-state index contributed by atoms with van der Waals surface area (Å²) in [4.78, 5) is 0. The van der Waals surface area contributed by atoms with Crippen molar-refractivity contribution in [2.24, 2.45) is 5.92 Å². The Hall–Kier alpha value is -0.380. The van der Waals surface area contributed by atoms with Crippen LogP contribution >= 0.6 is 0 Å². The van der Waals surface area contributed by atoms with Crippen molar-refractivity contribution < 1.29 is 9.84 Å². The highest BCUT2D eigenvalue weighted by molar-refractivity contribution is 5.07. The lowest BCUT2D eigenvalue weighted by molar-refractivity contribution is 0.167. The molecule has 0 heterocycles. The van der Waals surface area contributed by atoms with Crippen molar-refractivity contribution in [1.29, 1.82) is 0 Å². The fourth-order valence-electron chi connectivity index (χ4n) is 1.75. The van der Waals surface area contributed by atoms with E-state index in [1.54, 1.807) is 7.11 Å². The maximum atomic E-state index is 9.04. The molecule has 0 aliphatic rings. The fraction of sp³-hybridized carbons (Fsp3) is 0.818. The van der Waals surface area contributed by atoms with Crippen LogP contribution in [-0.2, 0) is 4.74 Å². The van der Waals surface area contributed by atoms with E-state index in [-0.39, 0.29) is 12.6 Å². The molecule has 0 rings (SSSR count). The molecule has 0 saturated carbocycles. The third kappa shape index (κ3) is 4.22. The highest BCUT2D eigenvalue weighted by atomic mass is 16.5. The van der Waals surface area contributed by atoms with E-state index >= 15 is 0 Å². The highest BCUT2D eigenvalue weighted by Crippen LogP contribution is 2.18. The number of ether oxygens (including phenoxy) is 1. The summed E-state index contributed by atoms with van der Waals surface area (Å²) in [7, 11) is 3.61. The largest absolute Gasteiger partial charge is 0.392 e. The molecule has 0 spiro atoms. The molecule has 0 radical (unpaired) electrons. The first-order chi connectivity index (χ1) is 6.71. The molecule has 0 aromatic heterocycles. The van der Waals surface area contributed by atoms with Crippen LogP contribution in [0.2, 0.25) is 0 Å². The second kappa shape index (κ2) is 7.97. The molecule has 0 aromatic rings. The molecule has 3 nitrogen and oxygen atoms in total. The molecule has 0 bridgehead atoms. The summed E-state index contributed by atoms with van der Waals surface area (Å²) in [6, 6.07) is 0.195. The molecule has 2 N–H and O–H groups in total. The van der Waals surface area contributed by atoms with E-state index in [1.165, 1.54) is 0 Å². The quantitative estimate of drug-likeness (QED) is 0.580. The molecule has 0 saturated heterocycles. The van der Waals surface area contributed by atoms with Crippen LogP contribution in [-0.4, -0.2) is 38.5 Å². The number of hydrogen-bond acceptors (Lipinski definition) is 3. The van der Waals surface area contributed by atoms with E-state index in [9.17, 15) is 0 Å². The van der Waals surface area contributed by atoms with Crippen LogP contribution in [0.4, 0.5) is 0 Å². The van der Waals surface area contributed by atoms with Gasteiger partial charge >= 0.3 is 0 Å². The second-order valence-corrected chi connectivity index (χ2v) is 3.53. The molecule has 0 amide bonds. The van der Waals surface area contributed by atoms with E-state index < -0.39 is 0 Å². The van der Waals surface area contributed by atoms with Gasteiger partial charge in [-0.05, 0) is 25.0 Å². The van der Waals surface area contributed by atoms with Crippen molar-refractivity contribution in [2.75, 3.05) is 27.4 Å². The van der Waals surface area contributed by atoms with Crippen molar-refractivity contribution in [3.05, 3.63) is 12.2 Å². The van der Waals surface area contributed by atoms with Crippen LogP contribution in [0.25, 0.3) is 0 Å². The van der Waals surface area contributed by atoms with Gasteiger partial charge in [-0.3, -0.25) is 0 Å². The van der Waals surface area contributed by atoms with E-state index in [1.807, 2.05) is 7.05 Å². The van der Waals surface area contributed by atoms with Crippen molar-refractivity contribution in [1.82, 2.24) is 5.32 Å². The van der Waals surface area contributed by atoms with E-state index in [0.717, 1.165) is 25.0 Å². The molecular weight excluding hydrogens is 178 g/mol. The third-order valence-corrected chi connectivity index (χ3v) is 2.64. The van der Waals surface area contributed by atoms with Gasteiger partial charge < -0.3 is 15.2 Å². The Bertz CT molecular complexity index is 159. The molecule has 2 unspecified atom stereocenters. The van der Waals surface area contributed by atoms with E-state index in [4.69, 9.17) is 9.84 Å². The van der Waals surface area contributed by atoms with Gasteiger partial charge in [0.25, 0.3) is 0 Å². The second-order valence-electron chi connectivity index (χ2n) is 3.53. The van der Waals surface area contributed by atoms with Crippen molar-refractivity contribution in [3.8, 4) is 0 Å². The van der Waals surface area contributed by atoms with E-state index in [2.05, 4.69) is 18.8 Å². The molecule has 0 aliphatic carbocycles. The summed E-state index contributed by atoms with van der Waals surface area (Å²) in [5, 5.41) is 12.2. The average Bonchev–Trinajstić information content (AvgIpc) is 2.23. The van der Waals surface area contributed by atoms with Gasteiger partial charge in [0, 0.05) is 19.8 Å². The molecule has 2 atom stereocenters. The van der Waals surface area contributed by atoms with Gasteiger partial charge in [0.2, 0.25) is 0 Å². The average molecular weight is 201 g/mol. The lowest BCUT2D eigenvalue weighted by atomic mass is 9.89. The Balaban J connectivity index is 4.21. The number of methoxy groups -OCH3 is 1. The SMILES string of the molecule is C=C(CO)C(NC)C(CC)CCOC. The molecule has 3 heteroatoms. The summed E-state index contributed by atoms with van der Waals surface area (Å²) in [6.45, 7) is 6.83. The Labute approximate surface area is 87.2 Å². The van der Waals surface area contributed by atoms with Gasteiger partial charge in [0.15, 0.2) is 0 Å². The number of aliphatic hydroxyl groups is 1. The van der Waals surface area contributed by atoms with Crippen molar-refractivity contribution in [2.45, 2.75) is 25.8 Å². The molecule has 0 aromatic carbocycles. The van der Waals surface area contributed by atoms with E-state index in [0.29, 0.717) is 5.92 Å². The predicted octanol–water partition coefficient (Wildman–Crippen LogP) is 1.19. The minimum atomic E-state index is 0.0506. The molecular formula is C11H23NO2. The van der Waals surface area contributed by atoms with Crippen LogP contribution in [0.3, 0.4) is 0 Å². The number of aliphatic hydroxyl groups excluding tert-OH is 1. The zero-order chi connectivity index (χ0) is 11.0. The Morgan fingerprint density at radius 3 is 2.57 bits per heavy atom. The maximum Gasteiger partial charge on any atom is 0.0654 e. The number of hydrogen-bond donors (Lipinski definition) is 2. The first-order valence-electron chi connectivity index (χ1n) is 5.15. The fourth-order valence-corrected chi connectivity index (χ4v) is 1.75. The summed E-state index contributed by atoms with van der Waals surface area (Å²) < 4.78 is 5.06. The molecule has 84 valence electrons. The Morgan fingerprint density at radius 1 is 1.57 bits per heavy atom. The summed E-state index contributed by atoms with van der Waals surface area (Å²) in [5.41, 5.74) is 0.857. The summed E-state index contributed by atoms with van der Waals surface area (Å²) >= 11 is 0. The monoisotopic (exact) mass is 201 g/mol. The molecule has 0 aliphatic heterocycles. The van der Waals surface area contributed by atoms with Gasteiger partial charge in [-0.1, -0.05) is 19.9 Å². The smallest absolute Gasteiger partial charge is 0.0654 e. The van der Waals surface area contributed by atoms with Crippen LogP contribution in [0.1, 0.15) is 19.8 Å². The van der Waals surface area contributed by atoms with Gasteiger partial charge in [-0.2, -0.15) is 0 Å². The summed E-state index contributed by atoms with van der Waals surface area (Å²) in [6.07, 6.45) is 2.06. The lowest BCUT2D eigenvalue weighted by Gasteiger charge is -2.26. The topological polar surface area (TPSA) is 41.5 Å². The van der Waals surface area contributed by atoms with Gasteiger partial charge in [0.1, 0.15) is 0 Å². The van der Waals surface area contributed by atoms with Crippen molar-refractivity contribution in [3.63, 3.8) is 0 Å². The maximum absolute atomic E-state index is 9.04. The lowest BCUT2D eigenvalue weighted by Crippen LogP contribution is -2.36. The number of nitrogens with one attached hydrogen (secondary N) is 1. The number of likely N-dealkylation sites (N-methyl/N-ethyl adjacent to an activating group) is 1. The zero-order valence-corrected chi connectivity index (χ0v) is 9.55. The van der Waals surface area contributed by atoms with Crippen LogP contribution in [0.15, 0.2) is 12.2 Å². The van der Waals surface area contributed by atoms with Gasteiger partial charge in [0.05, 0.1) is 6.61 Å². The normalized spacial score (nSPS) is 15.1. The first-order valence-corrected chi connectivity index (χ1v) is 5.15. The van der Waals surface area contributed by atoms with Crippen LogP contribution in [0, 0.1) is 5.92 Å². The van der Waals surface area contributed by atoms with Gasteiger partial charge in [-0.15, -0.1) is 0 Å². The first kappa shape index (κ1) is 13.6. The van der Waals surface area contributed by atoms with Gasteiger partial charge in [-0.25, -0.2) is 0 Å². The standard InChI is InChI=1S/C11H23NO2/c1-5-10(6-7-14-4)11(12-3)9(2)8-13/h10-13H,2,5-8H2,1,3-4H3. The molecule has 0 fully saturated rings. The Morgan fingerprint density at radius 2 is 2.21 bits per heavy atom. The van der Waals surface area contributed by atoms with Crippen LogP contribution < -0.4 is 5.32 Å². The number of rotatable bonds is 8. The zero-order valence-electron chi connectivity index (χ0n) is 9.55. The summed E-state index contributed by atoms with van der Waals surface area (Å²) in [5.74, 6) is 0.486. The third-order valence-electron chi connectivity index (χ3n) is 2.64. The highest BCUT2D eigenvalue weighted by Gasteiger charge is 2.20. The van der Waals surface area contributed by atoms with Crippen molar-refractivity contribution >= 4 is 0 Å².